The first-order chi connectivity index (χ1) is 9.06. The van der Waals surface area contributed by atoms with Crippen molar-refractivity contribution in [3.05, 3.63) is 59.2 Å². The van der Waals surface area contributed by atoms with E-state index >= 15 is 0 Å². The first-order valence-electron chi connectivity index (χ1n) is 6.09. The molecular formula is C16H16O3. The van der Waals surface area contributed by atoms with Gasteiger partial charge in [-0.25, -0.2) is 4.79 Å². The molecule has 0 heterocycles. The third-order valence-corrected chi connectivity index (χ3v) is 2.73. The molecule has 0 spiro atoms. The van der Waals surface area contributed by atoms with Gasteiger partial charge in [-0.1, -0.05) is 35.9 Å². The summed E-state index contributed by atoms with van der Waals surface area (Å²) in [6.45, 7) is 5.82. The van der Waals surface area contributed by atoms with Gasteiger partial charge in [0.2, 0.25) is 0 Å². The number of carbonyl (C=O) groups is 1. The van der Waals surface area contributed by atoms with Crippen molar-refractivity contribution in [2.75, 3.05) is 0 Å². The summed E-state index contributed by atoms with van der Waals surface area (Å²) >= 11 is 0. The van der Waals surface area contributed by atoms with Crippen molar-refractivity contribution >= 4 is 6.16 Å². The molecule has 0 fully saturated rings. The standard InChI is InChI=1S/C16H16O3/c1-11-9-12(2)15(13(3)10-11)19-16(17)18-14-7-5-4-6-8-14/h4-10H,1-3H3. The Hall–Kier alpha value is -2.29. The molecule has 0 aromatic heterocycles. The molecule has 3 heteroatoms. The molecule has 2 aromatic rings. The lowest BCUT2D eigenvalue weighted by Crippen LogP contribution is -2.15. The minimum Gasteiger partial charge on any atom is -0.395 e. The van der Waals surface area contributed by atoms with Gasteiger partial charge in [0, 0.05) is 0 Å². The second-order valence-corrected chi connectivity index (χ2v) is 4.50. The zero-order chi connectivity index (χ0) is 13.8. The maximum absolute atomic E-state index is 11.7. The first-order valence-corrected chi connectivity index (χ1v) is 6.09. The fraction of sp³-hybridized carbons (Fsp3) is 0.188. The van der Waals surface area contributed by atoms with E-state index in [-0.39, 0.29) is 0 Å². The molecule has 0 aliphatic carbocycles. The molecule has 3 nitrogen and oxygen atoms in total. The van der Waals surface area contributed by atoms with Crippen LogP contribution in [0.3, 0.4) is 0 Å². The Morgan fingerprint density at radius 3 is 2.05 bits per heavy atom. The summed E-state index contributed by atoms with van der Waals surface area (Å²) in [7, 11) is 0. The topological polar surface area (TPSA) is 35.5 Å². The molecule has 0 atom stereocenters. The average Bonchev–Trinajstić information content (AvgIpc) is 2.35. The number of rotatable bonds is 2. The molecule has 0 bridgehead atoms. The van der Waals surface area contributed by atoms with Gasteiger partial charge in [0.15, 0.2) is 0 Å². The average molecular weight is 256 g/mol. The number of aryl methyl sites for hydroxylation is 3. The second-order valence-electron chi connectivity index (χ2n) is 4.50. The highest BCUT2D eigenvalue weighted by Gasteiger charge is 2.12. The lowest BCUT2D eigenvalue weighted by molar-refractivity contribution is 0.151. The van der Waals surface area contributed by atoms with Crippen LogP contribution in [0.5, 0.6) is 11.5 Å². The fourth-order valence-corrected chi connectivity index (χ4v) is 2.02. The van der Waals surface area contributed by atoms with Gasteiger partial charge < -0.3 is 9.47 Å². The van der Waals surface area contributed by atoms with Gasteiger partial charge in [-0.15, -0.1) is 0 Å². The Morgan fingerprint density at radius 1 is 0.895 bits per heavy atom. The summed E-state index contributed by atoms with van der Waals surface area (Å²) in [6.07, 6.45) is -0.721. The number of hydrogen-bond donors (Lipinski definition) is 0. The van der Waals surface area contributed by atoms with Gasteiger partial charge in [-0.05, 0) is 44.0 Å². The highest BCUT2D eigenvalue weighted by Crippen LogP contribution is 2.25. The highest BCUT2D eigenvalue weighted by molar-refractivity contribution is 5.68. The van der Waals surface area contributed by atoms with E-state index in [2.05, 4.69) is 0 Å². The van der Waals surface area contributed by atoms with Crippen LogP contribution in [-0.2, 0) is 0 Å². The molecule has 2 rings (SSSR count). The van der Waals surface area contributed by atoms with E-state index in [4.69, 9.17) is 9.47 Å². The molecule has 0 N–H and O–H groups in total. The van der Waals surface area contributed by atoms with E-state index in [1.165, 1.54) is 0 Å². The smallest absolute Gasteiger partial charge is 0.395 e. The molecule has 0 radical (unpaired) electrons. The van der Waals surface area contributed by atoms with Crippen molar-refractivity contribution in [1.82, 2.24) is 0 Å². The van der Waals surface area contributed by atoms with Crippen LogP contribution >= 0.6 is 0 Å². The summed E-state index contributed by atoms with van der Waals surface area (Å²) < 4.78 is 10.4. The van der Waals surface area contributed by atoms with E-state index in [0.717, 1.165) is 16.7 Å². The normalized spacial score (nSPS) is 10.1. The van der Waals surface area contributed by atoms with Crippen LogP contribution in [-0.4, -0.2) is 6.16 Å². The van der Waals surface area contributed by atoms with Crippen molar-refractivity contribution in [1.29, 1.82) is 0 Å². The monoisotopic (exact) mass is 256 g/mol. The maximum Gasteiger partial charge on any atom is 0.519 e. The lowest BCUT2D eigenvalue weighted by atomic mass is 10.1. The number of hydrogen-bond acceptors (Lipinski definition) is 3. The Balaban J connectivity index is 2.12. The van der Waals surface area contributed by atoms with Crippen LogP contribution < -0.4 is 9.47 Å². The lowest BCUT2D eigenvalue weighted by Gasteiger charge is -2.11. The molecule has 0 unspecified atom stereocenters. The Kier molecular flexibility index (Phi) is 3.85. The number of carbonyl (C=O) groups excluding carboxylic acids is 1. The highest BCUT2D eigenvalue weighted by atomic mass is 16.7. The molecule has 19 heavy (non-hydrogen) atoms. The zero-order valence-corrected chi connectivity index (χ0v) is 11.3. The molecule has 0 aliphatic heterocycles. The van der Waals surface area contributed by atoms with E-state index in [0.29, 0.717) is 11.5 Å². The Labute approximate surface area is 112 Å². The van der Waals surface area contributed by atoms with E-state index in [1.54, 1.807) is 24.3 Å². The van der Waals surface area contributed by atoms with Gasteiger partial charge in [0.25, 0.3) is 0 Å². The van der Waals surface area contributed by atoms with Crippen LogP contribution in [0.1, 0.15) is 16.7 Å². The minimum atomic E-state index is -0.721. The third-order valence-electron chi connectivity index (χ3n) is 2.73. The van der Waals surface area contributed by atoms with Crippen LogP contribution in [0.4, 0.5) is 4.79 Å². The van der Waals surface area contributed by atoms with Gasteiger partial charge in [-0.3, -0.25) is 0 Å². The van der Waals surface area contributed by atoms with Gasteiger partial charge in [0.1, 0.15) is 11.5 Å². The Bertz CT molecular complexity index is 565. The largest absolute Gasteiger partial charge is 0.519 e. The van der Waals surface area contributed by atoms with Crippen LogP contribution in [0.25, 0.3) is 0 Å². The minimum absolute atomic E-state index is 0.468. The molecule has 0 saturated heterocycles. The van der Waals surface area contributed by atoms with Gasteiger partial charge in [0.05, 0.1) is 0 Å². The summed E-state index contributed by atoms with van der Waals surface area (Å²) in [6, 6.07) is 12.8. The summed E-state index contributed by atoms with van der Waals surface area (Å²) in [5.74, 6) is 1.03. The molecule has 0 saturated carbocycles. The molecule has 98 valence electrons. The molecule has 0 amide bonds. The quantitative estimate of drug-likeness (QED) is 0.597. The maximum atomic E-state index is 11.7. The summed E-state index contributed by atoms with van der Waals surface area (Å²) in [5, 5.41) is 0. The van der Waals surface area contributed by atoms with E-state index in [9.17, 15) is 4.79 Å². The van der Waals surface area contributed by atoms with Crippen molar-refractivity contribution < 1.29 is 14.3 Å². The summed E-state index contributed by atoms with van der Waals surface area (Å²) in [5.41, 5.74) is 2.98. The number of benzene rings is 2. The number of ether oxygens (including phenoxy) is 2. The predicted molar refractivity (Wildman–Crippen MR) is 73.7 cm³/mol. The second kappa shape index (κ2) is 5.57. The van der Waals surface area contributed by atoms with Crippen LogP contribution in [0.2, 0.25) is 0 Å². The van der Waals surface area contributed by atoms with Crippen molar-refractivity contribution in [3.8, 4) is 11.5 Å². The molecule has 2 aromatic carbocycles. The van der Waals surface area contributed by atoms with E-state index in [1.807, 2.05) is 39.0 Å². The van der Waals surface area contributed by atoms with E-state index < -0.39 is 6.16 Å². The van der Waals surface area contributed by atoms with Crippen LogP contribution in [0, 0.1) is 20.8 Å². The van der Waals surface area contributed by atoms with Gasteiger partial charge >= 0.3 is 6.16 Å². The SMILES string of the molecule is Cc1cc(C)c(OC(=O)Oc2ccccc2)c(C)c1. The van der Waals surface area contributed by atoms with Gasteiger partial charge in [-0.2, -0.15) is 0 Å². The number of para-hydroxylation sites is 1. The zero-order valence-electron chi connectivity index (χ0n) is 11.3. The van der Waals surface area contributed by atoms with Crippen molar-refractivity contribution in [2.24, 2.45) is 0 Å². The first kappa shape index (κ1) is 13.1. The van der Waals surface area contributed by atoms with Crippen LogP contribution in [0.15, 0.2) is 42.5 Å². The summed E-state index contributed by atoms with van der Waals surface area (Å²) in [4.78, 5) is 11.7. The third kappa shape index (κ3) is 3.35. The predicted octanol–water partition coefficient (Wildman–Crippen LogP) is 4.19. The molecule has 0 aliphatic rings. The van der Waals surface area contributed by atoms with Crippen molar-refractivity contribution in [3.63, 3.8) is 0 Å². The Morgan fingerprint density at radius 2 is 1.47 bits per heavy atom. The van der Waals surface area contributed by atoms with Crippen molar-refractivity contribution in [2.45, 2.75) is 20.8 Å². The fourth-order valence-electron chi connectivity index (χ4n) is 2.02. The molecular weight excluding hydrogens is 240 g/mol.